The average Bonchev–Trinajstić information content (AvgIpc) is 2.42. The van der Waals surface area contributed by atoms with Gasteiger partial charge in [-0.2, -0.15) is 5.26 Å². The monoisotopic (exact) mass is 180 g/mol. The lowest BCUT2D eigenvalue weighted by molar-refractivity contribution is 0.174. The van der Waals surface area contributed by atoms with Crippen molar-refractivity contribution < 1.29 is 4.79 Å². The van der Waals surface area contributed by atoms with E-state index in [1.807, 2.05) is 0 Å². The van der Waals surface area contributed by atoms with E-state index in [0.29, 0.717) is 19.1 Å². The molecule has 5 nitrogen and oxygen atoms in total. The molecule has 0 aromatic rings. The van der Waals surface area contributed by atoms with E-state index < -0.39 is 0 Å². The molecule has 2 heterocycles. The standard InChI is InChI=1S/C8H12N4O/c9-5-11-4-7-3-6(11)1-2-12(7)8(10)13/h6-7H,1-4H2,(H2,10,13). The maximum absolute atomic E-state index is 11.0. The number of fused-ring (bicyclic) bond motifs is 2. The maximum atomic E-state index is 11.0. The fraction of sp³-hybridized carbons (Fsp3) is 0.750. The van der Waals surface area contributed by atoms with Crippen LogP contribution in [0.3, 0.4) is 0 Å². The van der Waals surface area contributed by atoms with Crippen molar-refractivity contribution in [3.8, 4) is 6.19 Å². The molecule has 0 radical (unpaired) electrons. The van der Waals surface area contributed by atoms with Crippen molar-refractivity contribution >= 4 is 6.03 Å². The zero-order chi connectivity index (χ0) is 9.42. The molecule has 2 N–H and O–H groups in total. The first-order valence-corrected chi connectivity index (χ1v) is 4.45. The lowest BCUT2D eigenvalue weighted by Crippen LogP contribution is -2.47. The van der Waals surface area contributed by atoms with Crippen LogP contribution in [0.15, 0.2) is 0 Å². The van der Waals surface area contributed by atoms with E-state index >= 15 is 0 Å². The van der Waals surface area contributed by atoms with Crippen molar-refractivity contribution in [2.45, 2.75) is 24.9 Å². The Bertz CT molecular complexity index is 272. The molecule has 2 fully saturated rings. The van der Waals surface area contributed by atoms with Gasteiger partial charge in [0.25, 0.3) is 0 Å². The van der Waals surface area contributed by atoms with Crippen molar-refractivity contribution in [1.29, 1.82) is 5.26 Å². The number of amides is 2. The van der Waals surface area contributed by atoms with Crippen molar-refractivity contribution in [2.24, 2.45) is 5.73 Å². The SMILES string of the molecule is N#CN1CC2CC1CCN2C(N)=O. The number of hydrogen-bond acceptors (Lipinski definition) is 3. The van der Waals surface area contributed by atoms with E-state index in [9.17, 15) is 4.79 Å². The number of primary amides is 1. The Labute approximate surface area is 76.7 Å². The third-order valence-corrected chi connectivity index (χ3v) is 2.95. The summed E-state index contributed by atoms with van der Waals surface area (Å²) >= 11 is 0. The average molecular weight is 180 g/mol. The minimum atomic E-state index is -0.358. The summed E-state index contributed by atoms with van der Waals surface area (Å²) in [7, 11) is 0. The van der Waals surface area contributed by atoms with Gasteiger partial charge in [-0.1, -0.05) is 0 Å². The molecule has 2 unspecified atom stereocenters. The molecule has 0 spiro atoms. The third-order valence-electron chi connectivity index (χ3n) is 2.95. The molecule has 2 atom stereocenters. The number of carbonyl (C=O) groups is 1. The summed E-state index contributed by atoms with van der Waals surface area (Å²) in [6.45, 7) is 1.35. The van der Waals surface area contributed by atoms with E-state index in [1.54, 1.807) is 9.80 Å². The molecule has 70 valence electrons. The van der Waals surface area contributed by atoms with Crippen molar-refractivity contribution in [3.05, 3.63) is 0 Å². The molecule has 2 aliphatic heterocycles. The zero-order valence-corrected chi connectivity index (χ0v) is 7.31. The maximum Gasteiger partial charge on any atom is 0.315 e. The van der Waals surface area contributed by atoms with Crippen LogP contribution in [0.4, 0.5) is 4.79 Å². The minimum absolute atomic E-state index is 0.163. The number of nitrogens with two attached hydrogens (primary N) is 1. The molecule has 0 saturated carbocycles. The van der Waals surface area contributed by atoms with Crippen LogP contribution < -0.4 is 5.73 Å². The third kappa shape index (κ3) is 1.18. The van der Waals surface area contributed by atoms with Crippen LogP contribution in [0, 0.1) is 11.5 Å². The second-order valence-corrected chi connectivity index (χ2v) is 3.62. The first-order valence-electron chi connectivity index (χ1n) is 4.45. The smallest absolute Gasteiger partial charge is 0.315 e. The van der Waals surface area contributed by atoms with Gasteiger partial charge in [0.2, 0.25) is 0 Å². The first kappa shape index (κ1) is 8.17. The summed E-state index contributed by atoms with van der Waals surface area (Å²) in [5.74, 6) is 0. The van der Waals surface area contributed by atoms with Gasteiger partial charge in [-0.05, 0) is 12.8 Å². The van der Waals surface area contributed by atoms with E-state index in [2.05, 4.69) is 6.19 Å². The van der Waals surface area contributed by atoms with E-state index in [4.69, 9.17) is 11.0 Å². The van der Waals surface area contributed by atoms with Gasteiger partial charge >= 0.3 is 6.03 Å². The minimum Gasteiger partial charge on any atom is -0.351 e. The van der Waals surface area contributed by atoms with Crippen LogP contribution in [0.1, 0.15) is 12.8 Å². The first-order chi connectivity index (χ1) is 6.22. The van der Waals surface area contributed by atoms with Gasteiger partial charge < -0.3 is 15.5 Å². The molecule has 2 rings (SSSR count). The second-order valence-electron chi connectivity index (χ2n) is 3.62. The molecule has 2 amide bonds. The predicted octanol–water partition coefficient (Wildman–Crippen LogP) is -0.305. The van der Waals surface area contributed by atoms with Crippen molar-refractivity contribution in [3.63, 3.8) is 0 Å². The highest BCUT2D eigenvalue weighted by molar-refractivity contribution is 5.72. The summed E-state index contributed by atoms with van der Waals surface area (Å²) < 4.78 is 0. The van der Waals surface area contributed by atoms with Gasteiger partial charge in [-0.3, -0.25) is 0 Å². The lowest BCUT2D eigenvalue weighted by atomic mass is 10.0. The topological polar surface area (TPSA) is 73.4 Å². The molecule has 0 aliphatic carbocycles. The molecular formula is C8H12N4O. The van der Waals surface area contributed by atoms with Gasteiger partial charge in [0.1, 0.15) is 0 Å². The molecule has 5 heteroatoms. The molecule has 2 aliphatic rings. The van der Waals surface area contributed by atoms with Crippen LogP contribution in [-0.4, -0.2) is 41.0 Å². The summed E-state index contributed by atoms with van der Waals surface area (Å²) in [5, 5.41) is 8.78. The highest BCUT2D eigenvalue weighted by Crippen LogP contribution is 2.28. The summed E-state index contributed by atoms with van der Waals surface area (Å²) in [5.41, 5.74) is 5.22. The highest BCUT2D eigenvalue weighted by atomic mass is 16.2. The van der Waals surface area contributed by atoms with Gasteiger partial charge in [0, 0.05) is 19.1 Å². The number of urea groups is 1. The van der Waals surface area contributed by atoms with E-state index in [0.717, 1.165) is 12.8 Å². The molecule has 2 bridgehead atoms. The number of likely N-dealkylation sites (tertiary alicyclic amines) is 2. The molecule has 13 heavy (non-hydrogen) atoms. The highest BCUT2D eigenvalue weighted by Gasteiger charge is 2.40. The number of carbonyl (C=O) groups excluding carboxylic acids is 1. The van der Waals surface area contributed by atoms with Crippen LogP contribution in [0.2, 0.25) is 0 Å². The number of hydrogen-bond donors (Lipinski definition) is 1. The number of rotatable bonds is 0. The van der Waals surface area contributed by atoms with Crippen molar-refractivity contribution in [1.82, 2.24) is 9.80 Å². The second kappa shape index (κ2) is 2.80. The van der Waals surface area contributed by atoms with Crippen LogP contribution >= 0.6 is 0 Å². The van der Waals surface area contributed by atoms with E-state index in [-0.39, 0.29) is 12.1 Å². The van der Waals surface area contributed by atoms with Gasteiger partial charge in [0.15, 0.2) is 6.19 Å². The Balaban J connectivity index is 2.11. The molecule has 0 aromatic heterocycles. The number of nitriles is 1. The van der Waals surface area contributed by atoms with Crippen LogP contribution in [-0.2, 0) is 0 Å². The Morgan fingerprint density at radius 1 is 1.54 bits per heavy atom. The zero-order valence-electron chi connectivity index (χ0n) is 7.31. The van der Waals surface area contributed by atoms with Gasteiger partial charge in [-0.25, -0.2) is 4.79 Å². The summed E-state index contributed by atoms with van der Waals surface area (Å²) in [6.07, 6.45) is 3.92. The predicted molar refractivity (Wildman–Crippen MR) is 45.4 cm³/mol. The molecular weight excluding hydrogens is 168 g/mol. The number of piperidine rings is 1. The Morgan fingerprint density at radius 2 is 2.31 bits per heavy atom. The molecule has 2 saturated heterocycles. The lowest BCUT2D eigenvalue weighted by Gasteiger charge is -2.30. The summed E-state index contributed by atoms with van der Waals surface area (Å²) in [6, 6.07) is 0.143. The Kier molecular flexibility index (Phi) is 1.76. The van der Waals surface area contributed by atoms with Crippen LogP contribution in [0.25, 0.3) is 0 Å². The number of nitrogens with zero attached hydrogens (tertiary/aromatic N) is 3. The normalized spacial score (nSPS) is 31.6. The Morgan fingerprint density at radius 3 is 2.92 bits per heavy atom. The quantitative estimate of drug-likeness (QED) is 0.520. The van der Waals surface area contributed by atoms with Crippen LogP contribution in [0.5, 0.6) is 0 Å². The molecule has 0 aromatic carbocycles. The van der Waals surface area contributed by atoms with Gasteiger partial charge in [-0.15, -0.1) is 0 Å². The van der Waals surface area contributed by atoms with E-state index in [1.165, 1.54) is 0 Å². The van der Waals surface area contributed by atoms with Crippen molar-refractivity contribution in [2.75, 3.05) is 13.1 Å². The Hall–Kier alpha value is -1.44. The van der Waals surface area contributed by atoms with Gasteiger partial charge in [0.05, 0.1) is 6.04 Å². The fourth-order valence-electron chi connectivity index (χ4n) is 2.27. The largest absolute Gasteiger partial charge is 0.351 e. The summed E-state index contributed by atoms with van der Waals surface area (Å²) in [4.78, 5) is 14.4. The fourth-order valence-corrected chi connectivity index (χ4v) is 2.27.